The molecule has 1 aromatic carbocycles. The van der Waals surface area contributed by atoms with Crippen molar-refractivity contribution in [3.8, 4) is 5.75 Å². The highest BCUT2D eigenvalue weighted by Crippen LogP contribution is 2.16. The molecule has 0 aliphatic carbocycles. The summed E-state index contributed by atoms with van der Waals surface area (Å²) in [5, 5.41) is 11.1. The second-order valence-electron chi connectivity index (χ2n) is 4.67. The Kier molecular flexibility index (Phi) is 5.85. The smallest absolute Gasteiger partial charge is 0.303 e. The van der Waals surface area contributed by atoms with E-state index in [1.165, 1.54) is 0 Å². The predicted octanol–water partition coefficient (Wildman–Crippen LogP) is 2.52. The fourth-order valence-corrected chi connectivity index (χ4v) is 1.34. The van der Waals surface area contributed by atoms with E-state index in [9.17, 15) is 9.59 Å². The summed E-state index contributed by atoms with van der Waals surface area (Å²) in [5.74, 6) is -0.0848. The largest absolute Gasteiger partial charge is 0.493 e. The summed E-state index contributed by atoms with van der Waals surface area (Å²) >= 11 is 0. The lowest BCUT2D eigenvalue weighted by atomic mass is 10.2. The number of rotatable bonds is 7. The minimum Gasteiger partial charge on any atom is -0.493 e. The van der Waals surface area contributed by atoms with E-state index in [1.807, 2.05) is 0 Å². The van der Waals surface area contributed by atoms with Gasteiger partial charge >= 0.3 is 5.97 Å². The lowest BCUT2D eigenvalue weighted by molar-refractivity contribution is -0.138. The van der Waals surface area contributed by atoms with Gasteiger partial charge in [-0.3, -0.25) is 9.59 Å². The number of amides is 1. The minimum absolute atomic E-state index is 0.0269. The first-order chi connectivity index (χ1) is 8.97. The van der Waals surface area contributed by atoms with Crippen LogP contribution in [0.15, 0.2) is 24.3 Å². The van der Waals surface area contributed by atoms with Crippen molar-refractivity contribution >= 4 is 17.6 Å². The van der Waals surface area contributed by atoms with Gasteiger partial charge in [-0.25, -0.2) is 0 Å². The van der Waals surface area contributed by atoms with Crippen LogP contribution in [0.3, 0.4) is 0 Å². The van der Waals surface area contributed by atoms with E-state index in [1.54, 1.807) is 24.3 Å². The molecular weight excluding hydrogens is 246 g/mol. The number of benzene rings is 1. The molecular formula is C14H19NO4. The normalized spacial score (nSPS) is 10.3. The molecule has 1 aromatic rings. The molecule has 0 fully saturated rings. The van der Waals surface area contributed by atoms with Gasteiger partial charge in [0.1, 0.15) is 5.75 Å². The van der Waals surface area contributed by atoms with E-state index in [2.05, 4.69) is 19.2 Å². The Morgan fingerprint density at radius 2 is 1.84 bits per heavy atom. The van der Waals surface area contributed by atoms with Gasteiger partial charge in [-0.05, 0) is 30.2 Å². The molecule has 0 spiro atoms. The summed E-state index contributed by atoms with van der Waals surface area (Å²) in [4.78, 5) is 21.7. The molecule has 0 saturated heterocycles. The van der Waals surface area contributed by atoms with Crippen LogP contribution in [0.1, 0.15) is 26.7 Å². The van der Waals surface area contributed by atoms with Crippen LogP contribution >= 0.6 is 0 Å². The Hall–Kier alpha value is -2.04. The third-order valence-electron chi connectivity index (χ3n) is 2.29. The number of carboxylic acid groups (broad SMARTS) is 1. The Bertz CT molecular complexity index is 426. The molecule has 0 aromatic heterocycles. The van der Waals surface area contributed by atoms with E-state index in [-0.39, 0.29) is 18.7 Å². The summed E-state index contributed by atoms with van der Waals surface area (Å²) in [7, 11) is 0. The molecule has 2 N–H and O–H groups in total. The summed E-state index contributed by atoms with van der Waals surface area (Å²) in [5.41, 5.74) is 0.632. The molecule has 1 rings (SSSR count). The topological polar surface area (TPSA) is 75.6 Å². The fourth-order valence-electron chi connectivity index (χ4n) is 1.34. The number of hydrogen-bond acceptors (Lipinski definition) is 3. The second-order valence-corrected chi connectivity index (χ2v) is 4.67. The minimum atomic E-state index is -0.979. The van der Waals surface area contributed by atoms with Gasteiger partial charge in [0.2, 0.25) is 5.91 Å². The average molecular weight is 265 g/mol. The van der Waals surface area contributed by atoms with Gasteiger partial charge in [-0.15, -0.1) is 0 Å². The lowest BCUT2D eigenvalue weighted by Gasteiger charge is -2.09. The third-order valence-corrected chi connectivity index (χ3v) is 2.29. The molecule has 0 atom stereocenters. The highest BCUT2D eigenvalue weighted by atomic mass is 16.5. The van der Waals surface area contributed by atoms with Crippen molar-refractivity contribution in [2.45, 2.75) is 26.7 Å². The van der Waals surface area contributed by atoms with Crippen LogP contribution in [0.5, 0.6) is 5.75 Å². The molecule has 5 nitrogen and oxygen atoms in total. The van der Waals surface area contributed by atoms with Gasteiger partial charge in [0.25, 0.3) is 0 Å². The monoisotopic (exact) mass is 265 g/mol. The van der Waals surface area contributed by atoms with Gasteiger partial charge < -0.3 is 15.2 Å². The fraction of sp³-hybridized carbons (Fsp3) is 0.429. The Morgan fingerprint density at radius 3 is 2.37 bits per heavy atom. The van der Waals surface area contributed by atoms with E-state index < -0.39 is 5.97 Å². The number of nitrogens with one attached hydrogen (secondary N) is 1. The van der Waals surface area contributed by atoms with Crippen molar-refractivity contribution in [3.63, 3.8) is 0 Å². The number of carboxylic acids is 1. The van der Waals surface area contributed by atoms with Gasteiger partial charge in [-0.1, -0.05) is 13.8 Å². The predicted molar refractivity (Wildman–Crippen MR) is 72.3 cm³/mol. The number of carbonyl (C=O) groups is 2. The first-order valence-electron chi connectivity index (χ1n) is 6.22. The first-order valence-corrected chi connectivity index (χ1v) is 6.22. The van der Waals surface area contributed by atoms with E-state index in [0.717, 1.165) is 5.75 Å². The van der Waals surface area contributed by atoms with Gasteiger partial charge in [0.15, 0.2) is 0 Å². The highest BCUT2D eigenvalue weighted by molar-refractivity contribution is 5.92. The number of carbonyl (C=O) groups excluding carboxylic acids is 1. The standard InChI is InChI=1S/C14H19NO4/c1-10(2)9-19-12-5-3-11(4-6-12)15-13(16)7-8-14(17)18/h3-6,10H,7-9H2,1-2H3,(H,15,16)(H,17,18). The number of hydrogen-bond donors (Lipinski definition) is 2. The van der Waals surface area contributed by atoms with Crippen molar-refractivity contribution in [2.75, 3.05) is 11.9 Å². The van der Waals surface area contributed by atoms with Crippen LogP contribution in [0.25, 0.3) is 0 Å². The van der Waals surface area contributed by atoms with Gasteiger partial charge in [0, 0.05) is 12.1 Å². The maximum Gasteiger partial charge on any atom is 0.303 e. The number of anilines is 1. The molecule has 19 heavy (non-hydrogen) atoms. The van der Waals surface area contributed by atoms with Crippen molar-refractivity contribution in [1.29, 1.82) is 0 Å². The molecule has 1 amide bonds. The molecule has 0 radical (unpaired) electrons. The average Bonchev–Trinajstić information content (AvgIpc) is 2.35. The maximum atomic E-state index is 11.4. The third kappa shape index (κ3) is 6.45. The zero-order valence-electron chi connectivity index (χ0n) is 11.2. The molecule has 0 saturated carbocycles. The Labute approximate surface area is 112 Å². The summed E-state index contributed by atoms with van der Waals surface area (Å²) < 4.78 is 5.52. The zero-order chi connectivity index (χ0) is 14.3. The van der Waals surface area contributed by atoms with Crippen LogP contribution < -0.4 is 10.1 Å². The zero-order valence-corrected chi connectivity index (χ0v) is 11.2. The summed E-state index contributed by atoms with van der Waals surface area (Å²) in [6, 6.07) is 7.01. The van der Waals surface area contributed by atoms with Crippen molar-refractivity contribution < 1.29 is 19.4 Å². The van der Waals surface area contributed by atoms with Crippen LogP contribution in [-0.2, 0) is 9.59 Å². The SMILES string of the molecule is CC(C)COc1ccc(NC(=O)CCC(=O)O)cc1. The van der Waals surface area contributed by atoms with Gasteiger partial charge in [-0.2, -0.15) is 0 Å². The Morgan fingerprint density at radius 1 is 1.21 bits per heavy atom. The first kappa shape index (κ1) is 15.0. The molecule has 5 heteroatoms. The molecule has 0 heterocycles. The Balaban J connectivity index is 2.43. The molecule has 0 aliphatic rings. The van der Waals surface area contributed by atoms with E-state index in [0.29, 0.717) is 18.2 Å². The quantitative estimate of drug-likeness (QED) is 0.794. The van der Waals surface area contributed by atoms with Crippen molar-refractivity contribution in [2.24, 2.45) is 5.92 Å². The molecule has 0 unspecified atom stereocenters. The van der Waals surface area contributed by atoms with Crippen LogP contribution in [0.2, 0.25) is 0 Å². The summed E-state index contributed by atoms with van der Waals surface area (Å²) in [6.07, 6.45) is -0.192. The van der Waals surface area contributed by atoms with Crippen LogP contribution in [0.4, 0.5) is 5.69 Å². The maximum absolute atomic E-state index is 11.4. The van der Waals surface area contributed by atoms with Crippen molar-refractivity contribution in [1.82, 2.24) is 0 Å². The molecule has 0 aliphatic heterocycles. The van der Waals surface area contributed by atoms with Gasteiger partial charge in [0.05, 0.1) is 13.0 Å². The second kappa shape index (κ2) is 7.41. The van der Waals surface area contributed by atoms with Crippen molar-refractivity contribution in [3.05, 3.63) is 24.3 Å². The van der Waals surface area contributed by atoms with E-state index in [4.69, 9.17) is 9.84 Å². The highest BCUT2D eigenvalue weighted by Gasteiger charge is 2.06. The van der Waals surface area contributed by atoms with Crippen LogP contribution in [0, 0.1) is 5.92 Å². The van der Waals surface area contributed by atoms with E-state index >= 15 is 0 Å². The number of aliphatic carboxylic acids is 1. The van der Waals surface area contributed by atoms with Crippen LogP contribution in [-0.4, -0.2) is 23.6 Å². The molecule has 0 bridgehead atoms. The number of ether oxygens (including phenoxy) is 1. The lowest BCUT2D eigenvalue weighted by Crippen LogP contribution is -2.13. The summed E-state index contributed by atoms with van der Waals surface area (Å²) in [6.45, 7) is 4.78. The molecule has 104 valence electrons.